The maximum absolute atomic E-state index is 12.6. The van der Waals surface area contributed by atoms with Crippen molar-refractivity contribution in [2.45, 2.75) is 36.4 Å². The van der Waals surface area contributed by atoms with Crippen molar-refractivity contribution in [3.63, 3.8) is 0 Å². The number of aliphatic hydroxyl groups excluding tert-OH is 1. The van der Waals surface area contributed by atoms with Gasteiger partial charge in [0, 0.05) is 0 Å². The highest BCUT2D eigenvalue weighted by atomic mass is 32.2. The van der Waals surface area contributed by atoms with Gasteiger partial charge in [0.15, 0.2) is 12.4 Å². The predicted octanol–water partition coefficient (Wildman–Crippen LogP) is 0.970. The largest absolute Gasteiger partial charge is 0.450 e. The summed E-state index contributed by atoms with van der Waals surface area (Å²) in [6.45, 7) is 1.66. The number of hydrogen-bond donors (Lipinski definition) is 2. The van der Waals surface area contributed by atoms with Crippen LogP contribution < -0.4 is 5.73 Å². The van der Waals surface area contributed by atoms with Gasteiger partial charge in [0.25, 0.3) is 10.1 Å². The fourth-order valence-electron chi connectivity index (χ4n) is 2.73. The first-order valence-corrected chi connectivity index (χ1v) is 10.00. The van der Waals surface area contributed by atoms with Crippen molar-refractivity contribution in [1.29, 1.82) is 0 Å². The van der Waals surface area contributed by atoms with Gasteiger partial charge in [-0.15, -0.1) is 0 Å². The van der Waals surface area contributed by atoms with Gasteiger partial charge in [-0.2, -0.15) is 8.42 Å². The molecule has 1 saturated heterocycles. The van der Waals surface area contributed by atoms with Crippen LogP contribution in [0.4, 0.5) is 0 Å². The number of rotatable bonds is 5. The Hall–Kier alpha value is -2.30. The first kappa shape index (κ1) is 20.4. The van der Waals surface area contributed by atoms with Gasteiger partial charge in [0.05, 0.1) is 23.1 Å². The number of carbonyl (C=O) groups is 1. The van der Waals surface area contributed by atoms with Gasteiger partial charge in [-0.3, -0.25) is 4.18 Å². The van der Waals surface area contributed by atoms with E-state index in [1.807, 2.05) is 6.92 Å². The second-order valence-corrected chi connectivity index (χ2v) is 8.02. The lowest BCUT2D eigenvalue weighted by atomic mass is 10.0. The molecule has 0 spiro atoms. The van der Waals surface area contributed by atoms with E-state index in [4.69, 9.17) is 19.4 Å². The Kier molecular flexibility index (Phi) is 6.11. The van der Waals surface area contributed by atoms with Crippen LogP contribution in [0.15, 0.2) is 59.5 Å². The minimum Gasteiger partial charge on any atom is -0.450 e. The van der Waals surface area contributed by atoms with Crippen molar-refractivity contribution in [3.8, 4) is 0 Å². The molecular weight excluding hydrogens is 386 g/mol. The second-order valence-electron chi connectivity index (χ2n) is 6.45. The van der Waals surface area contributed by atoms with E-state index < -0.39 is 40.6 Å². The summed E-state index contributed by atoms with van der Waals surface area (Å²) in [5.41, 5.74) is 7.05. The number of nitrogens with two attached hydrogens (primary N) is 1. The lowest BCUT2D eigenvalue weighted by Crippen LogP contribution is -2.59. The van der Waals surface area contributed by atoms with E-state index in [1.54, 1.807) is 30.3 Å². The van der Waals surface area contributed by atoms with E-state index in [1.165, 1.54) is 24.3 Å². The zero-order valence-electron chi connectivity index (χ0n) is 15.1. The summed E-state index contributed by atoms with van der Waals surface area (Å²) < 4.78 is 40.9. The van der Waals surface area contributed by atoms with E-state index in [9.17, 15) is 18.3 Å². The maximum atomic E-state index is 12.6. The first-order chi connectivity index (χ1) is 13.3. The fourth-order valence-corrected chi connectivity index (χ4v) is 3.85. The fraction of sp³-hybridized carbons (Fsp3) is 0.316. The molecular formula is C19H21NO7S. The van der Waals surface area contributed by atoms with Crippen LogP contribution in [0.3, 0.4) is 0 Å². The summed E-state index contributed by atoms with van der Waals surface area (Å²) in [6.07, 6.45) is -4.31. The Bertz CT molecular complexity index is 915. The van der Waals surface area contributed by atoms with Crippen LogP contribution in [0.5, 0.6) is 0 Å². The van der Waals surface area contributed by atoms with Gasteiger partial charge >= 0.3 is 5.97 Å². The maximum Gasteiger partial charge on any atom is 0.338 e. The van der Waals surface area contributed by atoms with Crippen molar-refractivity contribution < 1.29 is 32.0 Å². The molecule has 1 heterocycles. The smallest absolute Gasteiger partial charge is 0.338 e. The minimum absolute atomic E-state index is 0.0700. The molecule has 4 atom stereocenters. The molecule has 0 saturated carbocycles. The standard InChI is InChI=1S/C19H21NO7S/c1-12-7-9-14(10-8-12)28(23,24)27-16-15(20)11-25-19(22)17(16)26-18(21)13-5-3-2-4-6-13/h2-10,15-17,19,22H,11,20H2,1H3/t15-,16-,17-,19+/m1/s1. The average molecular weight is 407 g/mol. The van der Waals surface area contributed by atoms with Crippen LogP contribution in [-0.4, -0.2) is 50.6 Å². The third-order valence-corrected chi connectivity index (χ3v) is 5.61. The molecule has 8 nitrogen and oxygen atoms in total. The van der Waals surface area contributed by atoms with Crippen LogP contribution in [-0.2, 0) is 23.8 Å². The summed E-state index contributed by atoms with van der Waals surface area (Å²) in [4.78, 5) is 12.3. The number of hydrogen-bond acceptors (Lipinski definition) is 8. The van der Waals surface area contributed by atoms with Crippen molar-refractivity contribution >= 4 is 16.1 Å². The Labute approximate surface area is 163 Å². The topological polar surface area (TPSA) is 125 Å². The van der Waals surface area contributed by atoms with E-state index in [0.717, 1.165) is 5.56 Å². The molecule has 3 N–H and O–H groups in total. The van der Waals surface area contributed by atoms with E-state index in [2.05, 4.69) is 0 Å². The number of esters is 1. The molecule has 2 aromatic rings. The Morgan fingerprint density at radius 3 is 2.39 bits per heavy atom. The molecule has 9 heteroatoms. The molecule has 0 radical (unpaired) electrons. The molecule has 0 aromatic heterocycles. The summed E-state index contributed by atoms with van der Waals surface area (Å²) in [5, 5.41) is 10.1. The highest BCUT2D eigenvalue weighted by Gasteiger charge is 2.44. The number of aryl methyl sites for hydroxylation is 1. The zero-order chi connectivity index (χ0) is 20.3. The summed E-state index contributed by atoms with van der Waals surface area (Å²) in [6, 6.07) is 13.2. The number of carbonyl (C=O) groups excluding carboxylic acids is 1. The van der Waals surface area contributed by atoms with Crippen molar-refractivity contribution in [3.05, 3.63) is 65.7 Å². The lowest BCUT2D eigenvalue weighted by Gasteiger charge is -2.37. The van der Waals surface area contributed by atoms with E-state index in [0.29, 0.717) is 0 Å². The number of benzene rings is 2. The van der Waals surface area contributed by atoms with Crippen LogP contribution in [0.25, 0.3) is 0 Å². The normalized spacial score (nSPS) is 25.2. The van der Waals surface area contributed by atoms with Crippen LogP contribution in [0.2, 0.25) is 0 Å². The zero-order valence-corrected chi connectivity index (χ0v) is 15.9. The third-order valence-electron chi connectivity index (χ3n) is 4.29. The molecule has 0 unspecified atom stereocenters. The highest BCUT2D eigenvalue weighted by molar-refractivity contribution is 7.86. The number of ether oxygens (including phenoxy) is 2. The molecule has 1 aliphatic heterocycles. The Morgan fingerprint density at radius 2 is 1.75 bits per heavy atom. The molecule has 3 rings (SSSR count). The summed E-state index contributed by atoms with van der Waals surface area (Å²) in [7, 11) is -4.20. The summed E-state index contributed by atoms with van der Waals surface area (Å²) in [5.74, 6) is -0.760. The molecule has 1 aliphatic rings. The first-order valence-electron chi connectivity index (χ1n) is 8.59. The monoisotopic (exact) mass is 407 g/mol. The van der Waals surface area contributed by atoms with Crippen molar-refractivity contribution in [2.24, 2.45) is 5.73 Å². The Morgan fingerprint density at radius 1 is 1.11 bits per heavy atom. The van der Waals surface area contributed by atoms with E-state index >= 15 is 0 Å². The minimum atomic E-state index is -4.20. The molecule has 0 aliphatic carbocycles. The SMILES string of the molecule is Cc1ccc(S(=O)(=O)O[C@H]2[C@@H](OC(=O)c3ccccc3)[C@@H](O)OC[C@H]2N)cc1. The van der Waals surface area contributed by atoms with Gasteiger partial charge in [-0.1, -0.05) is 35.9 Å². The van der Waals surface area contributed by atoms with Gasteiger partial charge in [-0.25, -0.2) is 4.79 Å². The predicted molar refractivity (Wildman–Crippen MR) is 98.8 cm³/mol. The molecule has 0 bridgehead atoms. The van der Waals surface area contributed by atoms with E-state index in [-0.39, 0.29) is 17.1 Å². The second kappa shape index (κ2) is 8.38. The van der Waals surface area contributed by atoms with Crippen molar-refractivity contribution in [1.82, 2.24) is 0 Å². The summed E-state index contributed by atoms with van der Waals surface area (Å²) >= 11 is 0. The number of aliphatic hydroxyl groups is 1. The molecule has 150 valence electrons. The van der Waals surface area contributed by atoms with Gasteiger partial charge in [0.2, 0.25) is 0 Å². The third kappa shape index (κ3) is 4.57. The van der Waals surface area contributed by atoms with Gasteiger partial charge < -0.3 is 20.3 Å². The van der Waals surface area contributed by atoms with Gasteiger partial charge in [0.1, 0.15) is 6.10 Å². The molecule has 2 aromatic carbocycles. The molecule has 28 heavy (non-hydrogen) atoms. The van der Waals surface area contributed by atoms with Gasteiger partial charge in [-0.05, 0) is 31.2 Å². The van der Waals surface area contributed by atoms with Crippen molar-refractivity contribution in [2.75, 3.05) is 6.61 Å². The van der Waals surface area contributed by atoms with Crippen LogP contribution >= 0.6 is 0 Å². The Balaban J connectivity index is 1.83. The average Bonchev–Trinajstić information content (AvgIpc) is 2.68. The van der Waals surface area contributed by atoms with Crippen LogP contribution in [0.1, 0.15) is 15.9 Å². The van der Waals surface area contributed by atoms with Crippen LogP contribution in [0, 0.1) is 6.92 Å². The quantitative estimate of drug-likeness (QED) is 0.555. The highest BCUT2D eigenvalue weighted by Crippen LogP contribution is 2.25. The lowest BCUT2D eigenvalue weighted by molar-refractivity contribution is -0.220. The molecule has 1 fully saturated rings. The molecule has 0 amide bonds.